The number of rotatable bonds is 7. The molecule has 31 heavy (non-hydrogen) atoms. The summed E-state index contributed by atoms with van der Waals surface area (Å²) in [5.41, 5.74) is -1.19. The third kappa shape index (κ3) is 4.11. The van der Waals surface area contributed by atoms with Crippen LogP contribution in [0.4, 0.5) is 0 Å². The Hall–Kier alpha value is -0.220. The molecular formula is C22H40N2O5S2. The molecule has 0 aliphatic heterocycles. The van der Waals surface area contributed by atoms with Crippen molar-refractivity contribution in [2.24, 2.45) is 16.7 Å². The summed E-state index contributed by atoms with van der Waals surface area (Å²) < 4.78 is 59.2. The number of aliphatic hydroxyl groups is 1. The highest BCUT2D eigenvalue weighted by Gasteiger charge is 2.68. The van der Waals surface area contributed by atoms with Crippen LogP contribution < -0.4 is 9.44 Å². The zero-order valence-electron chi connectivity index (χ0n) is 19.0. The van der Waals surface area contributed by atoms with Crippen molar-refractivity contribution >= 4 is 20.0 Å². The third-order valence-electron chi connectivity index (χ3n) is 9.29. The van der Waals surface area contributed by atoms with Crippen LogP contribution >= 0.6 is 0 Å². The largest absolute Gasteiger partial charge is 0.392 e. The van der Waals surface area contributed by atoms with E-state index in [1.54, 1.807) is 0 Å². The van der Waals surface area contributed by atoms with Crippen molar-refractivity contribution < 1.29 is 21.9 Å². The number of aliphatic hydroxyl groups excluding tert-OH is 1. The second-order valence-corrected chi connectivity index (χ2v) is 15.0. The zero-order valence-corrected chi connectivity index (χ0v) is 20.6. The number of fused-ring (bicyclic) bond motifs is 2. The van der Waals surface area contributed by atoms with E-state index in [-0.39, 0.29) is 11.3 Å². The lowest BCUT2D eigenvalue weighted by Gasteiger charge is -2.47. The second kappa shape index (κ2) is 8.53. The maximum absolute atomic E-state index is 13.4. The van der Waals surface area contributed by atoms with Crippen molar-refractivity contribution in [3.63, 3.8) is 0 Å². The first-order valence-corrected chi connectivity index (χ1v) is 15.3. The van der Waals surface area contributed by atoms with E-state index in [4.69, 9.17) is 0 Å². The third-order valence-corrected chi connectivity index (χ3v) is 13.1. The van der Waals surface area contributed by atoms with Crippen molar-refractivity contribution in [2.75, 3.05) is 0 Å². The number of hydrogen-bond acceptors (Lipinski definition) is 5. The summed E-state index contributed by atoms with van der Waals surface area (Å²) in [5, 5.41) is 10.1. The minimum Gasteiger partial charge on any atom is -0.392 e. The summed E-state index contributed by atoms with van der Waals surface area (Å²) in [7, 11) is -7.43. The van der Waals surface area contributed by atoms with E-state index in [1.165, 1.54) is 0 Å². The van der Waals surface area contributed by atoms with Crippen LogP contribution in [0.5, 0.6) is 0 Å². The van der Waals surface area contributed by atoms with Crippen LogP contribution in [-0.2, 0) is 20.0 Å². The maximum atomic E-state index is 13.4. The lowest BCUT2D eigenvalue weighted by molar-refractivity contribution is -0.0313. The van der Waals surface area contributed by atoms with Crippen molar-refractivity contribution in [2.45, 2.75) is 120 Å². The molecule has 3 atom stereocenters. The molecule has 0 aromatic carbocycles. The van der Waals surface area contributed by atoms with Gasteiger partial charge >= 0.3 is 0 Å². The number of nitrogens with one attached hydrogen (secondary N) is 2. The Morgan fingerprint density at radius 2 is 1.23 bits per heavy atom. The number of hydrogen-bond donors (Lipinski definition) is 3. The minimum atomic E-state index is -3.71. The molecule has 180 valence electrons. The Balaban J connectivity index is 1.67. The van der Waals surface area contributed by atoms with Gasteiger partial charge in [-0.05, 0) is 56.3 Å². The molecule has 4 aliphatic rings. The van der Waals surface area contributed by atoms with Gasteiger partial charge in [0.2, 0.25) is 20.0 Å². The Morgan fingerprint density at radius 1 is 0.774 bits per heavy atom. The van der Waals surface area contributed by atoms with Crippen molar-refractivity contribution in [3.05, 3.63) is 0 Å². The molecule has 0 aromatic heterocycles. The first-order valence-electron chi connectivity index (χ1n) is 12.2. The smallest absolute Gasteiger partial charge is 0.215 e. The second-order valence-electron chi connectivity index (χ2n) is 11.0. The van der Waals surface area contributed by atoms with Crippen LogP contribution in [0.15, 0.2) is 0 Å². The monoisotopic (exact) mass is 476 g/mol. The molecule has 0 spiro atoms. The van der Waals surface area contributed by atoms with Gasteiger partial charge in [0.1, 0.15) is 0 Å². The van der Waals surface area contributed by atoms with E-state index in [0.29, 0.717) is 38.5 Å². The lowest BCUT2D eigenvalue weighted by atomic mass is 9.66. The highest BCUT2D eigenvalue weighted by molar-refractivity contribution is 7.91. The summed E-state index contributed by atoms with van der Waals surface area (Å²) in [6.45, 7) is 4.13. The van der Waals surface area contributed by atoms with E-state index >= 15 is 0 Å². The summed E-state index contributed by atoms with van der Waals surface area (Å²) in [6.07, 6.45) is 8.41. The fourth-order valence-corrected chi connectivity index (χ4v) is 10.7. The minimum absolute atomic E-state index is 0.267. The Labute approximate surface area is 188 Å². The van der Waals surface area contributed by atoms with E-state index in [0.717, 1.165) is 44.9 Å². The maximum Gasteiger partial charge on any atom is 0.215 e. The average Bonchev–Trinajstić information content (AvgIpc) is 3.10. The van der Waals surface area contributed by atoms with E-state index in [1.807, 2.05) is 0 Å². The molecule has 0 aromatic rings. The molecule has 2 bridgehead atoms. The molecule has 0 unspecified atom stereocenters. The molecule has 4 saturated carbocycles. The van der Waals surface area contributed by atoms with Gasteiger partial charge in [0.15, 0.2) is 0 Å². The van der Waals surface area contributed by atoms with Gasteiger partial charge in [-0.2, -0.15) is 9.44 Å². The number of sulfonamides is 2. The van der Waals surface area contributed by atoms with E-state index < -0.39 is 48.2 Å². The van der Waals surface area contributed by atoms with Crippen molar-refractivity contribution in [3.8, 4) is 0 Å². The topological polar surface area (TPSA) is 113 Å². The van der Waals surface area contributed by atoms with Gasteiger partial charge in [0.05, 0.1) is 22.8 Å². The summed E-state index contributed by atoms with van der Waals surface area (Å²) in [6, 6.07) is 0. The van der Waals surface area contributed by atoms with Gasteiger partial charge in [-0.1, -0.05) is 52.4 Å². The Morgan fingerprint density at radius 3 is 1.58 bits per heavy atom. The fraction of sp³-hybridized carbons (Fsp3) is 1.00. The van der Waals surface area contributed by atoms with E-state index in [2.05, 4.69) is 23.3 Å². The van der Waals surface area contributed by atoms with Crippen molar-refractivity contribution in [1.29, 1.82) is 0 Å². The highest BCUT2D eigenvalue weighted by Crippen LogP contribution is 2.67. The molecule has 4 rings (SSSR count). The van der Waals surface area contributed by atoms with Crippen LogP contribution in [-0.4, -0.2) is 44.7 Å². The van der Waals surface area contributed by atoms with E-state index in [9.17, 15) is 21.9 Å². The molecule has 9 heteroatoms. The van der Waals surface area contributed by atoms with Gasteiger partial charge in [-0.15, -0.1) is 0 Å². The molecular weight excluding hydrogens is 436 g/mol. The summed E-state index contributed by atoms with van der Waals surface area (Å²) in [4.78, 5) is 0. The predicted molar refractivity (Wildman–Crippen MR) is 121 cm³/mol. The van der Waals surface area contributed by atoms with Gasteiger partial charge in [0, 0.05) is 5.41 Å². The molecule has 3 N–H and O–H groups in total. The van der Waals surface area contributed by atoms with Gasteiger partial charge in [0.25, 0.3) is 0 Å². The van der Waals surface area contributed by atoms with Crippen LogP contribution in [0.1, 0.15) is 97.3 Å². The molecule has 0 saturated heterocycles. The molecule has 4 aliphatic carbocycles. The molecule has 4 fully saturated rings. The SMILES string of the molecule is CC1(C)[C@@H]2CC[C@]1(C(NS(=O)(=O)C1CCCCC1)NS(=O)(=O)C1CCCCC1)[C@@H](O)C2. The molecule has 0 heterocycles. The highest BCUT2D eigenvalue weighted by atomic mass is 32.2. The van der Waals surface area contributed by atoms with Crippen LogP contribution in [0.3, 0.4) is 0 Å². The fourth-order valence-electron chi connectivity index (χ4n) is 7.18. The predicted octanol–water partition coefficient (Wildman–Crippen LogP) is 3.00. The average molecular weight is 477 g/mol. The summed E-state index contributed by atoms with van der Waals surface area (Å²) >= 11 is 0. The molecule has 0 radical (unpaired) electrons. The Kier molecular flexibility index (Phi) is 6.58. The van der Waals surface area contributed by atoms with Gasteiger partial charge in [-0.3, -0.25) is 0 Å². The quantitative estimate of drug-likeness (QED) is 0.489. The summed E-state index contributed by atoms with van der Waals surface area (Å²) in [5.74, 6) is 0.267. The first-order chi connectivity index (χ1) is 14.5. The molecule has 7 nitrogen and oxygen atoms in total. The van der Waals surface area contributed by atoms with Gasteiger partial charge in [-0.25, -0.2) is 16.8 Å². The van der Waals surface area contributed by atoms with Gasteiger partial charge < -0.3 is 5.11 Å². The normalized spacial score (nSPS) is 35.1. The standard InChI is InChI=1S/C22H40N2O5S2/c1-21(2)16-13-14-22(21,19(25)15-16)20(23-30(26,27)17-9-5-3-6-10-17)24-31(28,29)18-11-7-4-8-12-18/h16-20,23-25H,3-15H2,1-2H3/t16-,19+,22-/m1/s1. The van der Waals surface area contributed by atoms with Crippen LogP contribution in [0, 0.1) is 16.7 Å². The Bertz CT molecular complexity index is 810. The van der Waals surface area contributed by atoms with Crippen molar-refractivity contribution in [1.82, 2.24) is 9.44 Å². The lowest BCUT2D eigenvalue weighted by Crippen LogP contribution is -2.65. The van der Waals surface area contributed by atoms with Crippen LogP contribution in [0.2, 0.25) is 0 Å². The van der Waals surface area contributed by atoms with Crippen LogP contribution in [0.25, 0.3) is 0 Å². The zero-order chi connectivity index (χ0) is 22.5. The molecule has 0 amide bonds. The first kappa shape index (κ1) is 23.9.